The molecule has 0 unspecified atom stereocenters. The SMILES string of the molecule is CC12CCCC(C)(CCC1)N2O. The van der Waals surface area contributed by atoms with Gasteiger partial charge in [0.15, 0.2) is 0 Å². The minimum absolute atomic E-state index is 0.0885. The average Bonchev–Trinajstić information content (AvgIpc) is 1.97. The highest BCUT2D eigenvalue weighted by atomic mass is 16.5. The molecule has 0 atom stereocenters. The normalized spacial score (nSPS) is 49.2. The molecule has 2 aliphatic rings. The molecule has 2 saturated heterocycles. The Bertz CT molecular complexity index is 162. The number of hydrogen-bond donors (Lipinski definition) is 1. The first kappa shape index (κ1) is 8.52. The summed E-state index contributed by atoms with van der Waals surface area (Å²) >= 11 is 0. The third kappa shape index (κ3) is 1.01. The summed E-state index contributed by atoms with van der Waals surface area (Å²) in [5, 5.41) is 11.7. The molecule has 2 rings (SSSR count). The lowest BCUT2D eigenvalue weighted by atomic mass is 9.71. The summed E-state index contributed by atoms with van der Waals surface area (Å²) in [5.41, 5.74) is 0.177. The van der Waals surface area contributed by atoms with Gasteiger partial charge < -0.3 is 5.21 Å². The van der Waals surface area contributed by atoms with Gasteiger partial charge in [-0.25, -0.2) is 0 Å². The van der Waals surface area contributed by atoms with Gasteiger partial charge in [0.1, 0.15) is 0 Å². The Morgan fingerprint density at radius 1 is 0.917 bits per heavy atom. The highest BCUT2D eigenvalue weighted by Crippen LogP contribution is 2.46. The molecule has 0 spiro atoms. The van der Waals surface area contributed by atoms with Gasteiger partial charge in [0.05, 0.1) is 0 Å². The molecule has 0 amide bonds. The van der Waals surface area contributed by atoms with E-state index in [9.17, 15) is 5.21 Å². The number of fused-ring (bicyclic) bond motifs is 2. The molecule has 1 N–H and O–H groups in total. The van der Waals surface area contributed by atoms with Crippen LogP contribution in [0.2, 0.25) is 0 Å². The molecule has 0 radical (unpaired) electrons. The van der Waals surface area contributed by atoms with Crippen molar-refractivity contribution in [3.63, 3.8) is 0 Å². The van der Waals surface area contributed by atoms with E-state index in [1.807, 2.05) is 0 Å². The van der Waals surface area contributed by atoms with E-state index in [0.717, 1.165) is 0 Å². The summed E-state index contributed by atoms with van der Waals surface area (Å²) in [5.74, 6) is 0. The fourth-order valence-corrected chi connectivity index (χ4v) is 3.03. The van der Waals surface area contributed by atoms with Crippen LogP contribution >= 0.6 is 0 Å². The standard InChI is InChI=1S/C10H19NO/c1-9-5-3-7-10(2,11(9)12)8-4-6-9/h12H,3-8H2,1-2H3. The molecule has 12 heavy (non-hydrogen) atoms. The summed E-state index contributed by atoms with van der Waals surface area (Å²) in [6.45, 7) is 4.40. The van der Waals surface area contributed by atoms with Crippen LogP contribution in [-0.2, 0) is 0 Å². The van der Waals surface area contributed by atoms with Crippen LogP contribution in [0.15, 0.2) is 0 Å². The zero-order chi connectivity index (χ0) is 8.82. The van der Waals surface area contributed by atoms with Crippen LogP contribution in [0.25, 0.3) is 0 Å². The zero-order valence-electron chi connectivity index (χ0n) is 8.14. The van der Waals surface area contributed by atoms with E-state index < -0.39 is 0 Å². The molecule has 0 aliphatic carbocycles. The second-order valence-corrected chi connectivity index (χ2v) is 5.01. The highest BCUT2D eigenvalue weighted by molar-refractivity contribution is 5.00. The number of hydrogen-bond acceptors (Lipinski definition) is 2. The largest absolute Gasteiger partial charge is 0.313 e. The Kier molecular flexibility index (Phi) is 1.74. The van der Waals surface area contributed by atoms with Gasteiger partial charge in [0.25, 0.3) is 0 Å². The van der Waals surface area contributed by atoms with Crippen molar-refractivity contribution in [3.8, 4) is 0 Å². The lowest BCUT2D eigenvalue weighted by molar-refractivity contribution is -0.271. The maximum atomic E-state index is 10.0. The lowest BCUT2D eigenvalue weighted by Crippen LogP contribution is -2.62. The van der Waals surface area contributed by atoms with Crippen LogP contribution in [0.5, 0.6) is 0 Å². The zero-order valence-corrected chi connectivity index (χ0v) is 8.14. The van der Waals surface area contributed by atoms with E-state index in [2.05, 4.69) is 13.8 Å². The summed E-state index contributed by atoms with van der Waals surface area (Å²) in [6, 6.07) is 0. The van der Waals surface area contributed by atoms with E-state index in [1.54, 1.807) is 5.06 Å². The number of nitrogens with zero attached hydrogens (tertiary/aromatic N) is 1. The lowest BCUT2D eigenvalue weighted by Gasteiger charge is -2.55. The second-order valence-electron chi connectivity index (χ2n) is 5.01. The molecule has 2 nitrogen and oxygen atoms in total. The molecule has 2 fully saturated rings. The minimum atomic E-state index is 0.0885. The van der Waals surface area contributed by atoms with Crippen LogP contribution in [-0.4, -0.2) is 21.3 Å². The molecule has 0 aromatic heterocycles. The van der Waals surface area contributed by atoms with E-state index in [4.69, 9.17) is 0 Å². The van der Waals surface area contributed by atoms with Gasteiger partial charge in [-0.2, -0.15) is 5.06 Å². The average molecular weight is 169 g/mol. The molecule has 2 aliphatic heterocycles. The fourth-order valence-electron chi connectivity index (χ4n) is 3.03. The van der Waals surface area contributed by atoms with Gasteiger partial charge in [0.2, 0.25) is 0 Å². The van der Waals surface area contributed by atoms with E-state index in [1.165, 1.54) is 38.5 Å². The van der Waals surface area contributed by atoms with Gasteiger partial charge >= 0.3 is 0 Å². The minimum Gasteiger partial charge on any atom is -0.313 e. The van der Waals surface area contributed by atoms with E-state index >= 15 is 0 Å². The van der Waals surface area contributed by atoms with Crippen molar-refractivity contribution in [3.05, 3.63) is 0 Å². The van der Waals surface area contributed by atoms with Crippen molar-refractivity contribution in [2.45, 2.75) is 63.5 Å². The van der Waals surface area contributed by atoms with Crippen LogP contribution in [0.4, 0.5) is 0 Å². The Morgan fingerprint density at radius 2 is 1.25 bits per heavy atom. The molecule has 0 aromatic carbocycles. The second kappa shape index (κ2) is 2.46. The molecular weight excluding hydrogens is 150 g/mol. The number of hydroxylamine groups is 2. The third-order valence-electron chi connectivity index (χ3n) is 3.88. The first-order chi connectivity index (χ1) is 5.57. The number of piperidine rings is 2. The first-order valence-electron chi connectivity index (χ1n) is 5.06. The van der Waals surface area contributed by atoms with Crippen molar-refractivity contribution in [1.29, 1.82) is 0 Å². The maximum absolute atomic E-state index is 10.0. The van der Waals surface area contributed by atoms with Gasteiger partial charge in [-0.3, -0.25) is 0 Å². The van der Waals surface area contributed by atoms with Crippen LogP contribution in [0.3, 0.4) is 0 Å². The van der Waals surface area contributed by atoms with E-state index in [-0.39, 0.29) is 11.1 Å². The summed E-state index contributed by atoms with van der Waals surface area (Å²) in [7, 11) is 0. The number of rotatable bonds is 0. The van der Waals surface area contributed by atoms with Crippen molar-refractivity contribution < 1.29 is 5.21 Å². The fraction of sp³-hybridized carbons (Fsp3) is 1.00. The Hall–Kier alpha value is -0.0800. The summed E-state index contributed by atoms with van der Waals surface area (Å²) in [6.07, 6.45) is 7.23. The summed E-state index contributed by atoms with van der Waals surface area (Å²) in [4.78, 5) is 0. The quantitative estimate of drug-likeness (QED) is 0.602. The predicted octanol–water partition coefficient (Wildman–Crippen LogP) is 2.56. The molecule has 0 saturated carbocycles. The van der Waals surface area contributed by atoms with Crippen LogP contribution in [0.1, 0.15) is 52.4 Å². The first-order valence-corrected chi connectivity index (χ1v) is 5.06. The predicted molar refractivity (Wildman–Crippen MR) is 48.1 cm³/mol. The van der Waals surface area contributed by atoms with Gasteiger partial charge in [-0.15, -0.1) is 0 Å². The van der Waals surface area contributed by atoms with Crippen molar-refractivity contribution >= 4 is 0 Å². The van der Waals surface area contributed by atoms with Crippen molar-refractivity contribution in [2.75, 3.05) is 0 Å². The van der Waals surface area contributed by atoms with Gasteiger partial charge in [0, 0.05) is 11.1 Å². The maximum Gasteiger partial charge on any atom is 0.0438 e. The van der Waals surface area contributed by atoms with Crippen molar-refractivity contribution in [1.82, 2.24) is 5.06 Å². The third-order valence-corrected chi connectivity index (χ3v) is 3.88. The molecule has 2 heterocycles. The van der Waals surface area contributed by atoms with Crippen LogP contribution in [0, 0.1) is 0 Å². The Labute approximate surface area is 74.5 Å². The molecular formula is C10H19NO. The van der Waals surface area contributed by atoms with E-state index in [0.29, 0.717) is 0 Å². The highest BCUT2D eigenvalue weighted by Gasteiger charge is 2.48. The van der Waals surface area contributed by atoms with Gasteiger partial charge in [-0.05, 0) is 52.4 Å². The molecule has 2 heteroatoms. The summed E-state index contributed by atoms with van der Waals surface area (Å²) < 4.78 is 0. The smallest absolute Gasteiger partial charge is 0.0438 e. The monoisotopic (exact) mass is 169 g/mol. The molecule has 70 valence electrons. The molecule has 0 aromatic rings. The van der Waals surface area contributed by atoms with Crippen LogP contribution < -0.4 is 0 Å². The Morgan fingerprint density at radius 3 is 1.50 bits per heavy atom. The van der Waals surface area contributed by atoms with Gasteiger partial charge in [-0.1, -0.05) is 0 Å². The Balaban J connectivity index is 2.27. The molecule has 2 bridgehead atoms. The van der Waals surface area contributed by atoms with Crippen molar-refractivity contribution in [2.24, 2.45) is 0 Å². The topological polar surface area (TPSA) is 23.5 Å².